The molecular weight excluding hydrogens is 328 g/mol. The number of benzene rings is 1. The van der Waals surface area contributed by atoms with Crippen LogP contribution in [-0.2, 0) is 4.79 Å². The average molecular weight is 349 g/mol. The van der Waals surface area contributed by atoms with Crippen molar-refractivity contribution in [3.05, 3.63) is 47.6 Å². The van der Waals surface area contributed by atoms with Crippen LogP contribution in [0.25, 0.3) is 0 Å². The zero-order valence-electron chi connectivity index (χ0n) is 13.8. The number of aliphatic carboxylic acids is 1. The molecule has 1 unspecified atom stereocenters. The predicted molar refractivity (Wildman–Crippen MR) is 95.1 cm³/mol. The van der Waals surface area contributed by atoms with E-state index in [1.165, 1.54) is 0 Å². The molecule has 2 heterocycles. The van der Waals surface area contributed by atoms with Gasteiger partial charge in [-0.25, -0.2) is 4.98 Å². The first-order chi connectivity index (χ1) is 11.6. The zero-order valence-corrected chi connectivity index (χ0v) is 14.5. The van der Waals surface area contributed by atoms with Gasteiger partial charge in [-0.15, -0.1) is 0 Å². The number of hydrogen-bond donors (Lipinski definition) is 1. The minimum absolute atomic E-state index is 0.323. The number of rotatable bonds is 4. The molecule has 0 saturated carbocycles. The lowest BCUT2D eigenvalue weighted by molar-refractivity contribution is -0.140. The summed E-state index contributed by atoms with van der Waals surface area (Å²) in [4.78, 5) is 17.2. The van der Waals surface area contributed by atoms with E-state index in [2.05, 4.69) is 4.98 Å². The van der Waals surface area contributed by atoms with Crippen molar-refractivity contribution in [3.8, 4) is 11.6 Å². The largest absolute Gasteiger partial charge is 0.481 e. The summed E-state index contributed by atoms with van der Waals surface area (Å²) in [5.41, 5.74) is 0.902. The fraction of sp³-hybridized carbons (Fsp3) is 0.333. The van der Waals surface area contributed by atoms with Crippen LogP contribution < -0.4 is 9.64 Å². The predicted octanol–water partition coefficient (Wildman–Crippen LogP) is 4.46. The Kier molecular flexibility index (Phi) is 6.44. The Morgan fingerprint density at radius 3 is 2.75 bits per heavy atom. The summed E-state index contributed by atoms with van der Waals surface area (Å²) in [6.45, 7) is 5.21. The fourth-order valence-electron chi connectivity index (χ4n) is 2.48. The summed E-state index contributed by atoms with van der Waals surface area (Å²) >= 11 is 6.17. The monoisotopic (exact) mass is 348 g/mol. The number of carboxylic acid groups (broad SMARTS) is 1. The maximum Gasteiger partial charge on any atom is 0.308 e. The molecule has 1 fully saturated rings. The summed E-state index contributed by atoms with van der Waals surface area (Å²) in [6, 6.07) is 10.8. The molecule has 0 bridgehead atoms. The molecule has 128 valence electrons. The van der Waals surface area contributed by atoms with Gasteiger partial charge in [0.1, 0.15) is 5.75 Å². The molecule has 1 aromatic carbocycles. The maximum absolute atomic E-state index is 11.1. The first-order valence-corrected chi connectivity index (χ1v) is 8.37. The number of aromatic nitrogens is 1. The van der Waals surface area contributed by atoms with Crippen LogP contribution in [0.5, 0.6) is 11.6 Å². The lowest BCUT2D eigenvalue weighted by Crippen LogP contribution is -2.22. The number of carboxylic acids is 1. The van der Waals surface area contributed by atoms with Crippen molar-refractivity contribution < 1.29 is 14.6 Å². The second-order valence-corrected chi connectivity index (χ2v) is 5.56. The van der Waals surface area contributed by atoms with Crippen LogP contribution in [-0.4, -0.2) is 29.1 Å². The Bertz CT molecular complexity index is 679. The van der Waals surface area contributed by atoms with Gasteiger partial charge < -0.3 is 14.7 Å². The van der Waals surface area contributed by atoms with E-state index < -0.39 is 5.97 Å². The second-order valence-electron chi connectivity index (χ2n) is 5.15. The van der Waals surface area contributed by atoms with Gasteiger partial charge in [-0.2, -0.15) is 0 Å². The summed E-state index contributed by atoms with van der Waals surface area (Å²) in [6.07, 6.45) is 2.29. The highest BCUT2D eigenvalue weighted by atomic mass is 35.5. The Balaban J connectivity index is 0.00000100. The highest BCUT2D eigenvalue weighted by Crippen LogP contribution is 2.34. The smallest absolute Gasteiger partial charge is 0.308 e. The Hall–Kier alpha value is -2.27. The molecule has 0 radical (unpaired) electrons. The van der Waals surface area contributed by atoms with Gasteiger partial charge in [-0.1, -0.05) is 31.5 Å². The Morgan fingerprint density at radius 2 is 2.12 bits per heavy atom. The third kappa shape index (κ3) is 4.38. The Morgan fingerprint density at radius 1 is 1.33 bits per heavy atom. The highest BCUT2D eigenvalue weighted by molar-refractivity contribution is 6.32. The number of anilines is 1. The molecule has 0 aliphatic carbocycles. The van der Waals surface area contributed by atoms with E-state index in [9.17, 15) is 4.79 Å². The molecule has 0 spiro atoms. The van der Waals surface area contributed by atoms with Gasteiger partial charge in [0, 0.05) is 37.1 Å². The van der Waals surface area contributed by atoms with Gasteiger partial charge in [0.25, 0.3) is 0 Å². The van der Waals surface area contributed by atoms with Crippen LogP contribution in [0.3, 0.4) is 0 Å². The third-order valence-electron chi connectivity index (χ3n) is 3.67. The summed E-state index contributed by atoms with van der Waals surface area (Å²) < 4.78 is 5.70. The van der Waals surface area contributed by atoms with Crippen LogP contribution >= 0.6 is 11.6 Å². The van der Waals surface area contributed by atoms with E-state index in [4.69, 9.17) is 21.4 Å². The molecule has 2 aromatic rings. The van der Waals surface area contributed by atoms with Gasteiger partial charge in [0.2, 0.25) is 5.88 Å². The van der Waals surface area contributed by atoms with Crippen molar-refractivity contribution in [1.82, 2.24) is 4.98 Å². The summed E-state index contributed by atoms with van der Waals surface area (Å²) in [7, 11) is 0. The van der Waals surface area contributed by atoms with E-state index in [-0.39, 0.29) is 5.92 Å². The average Bonchev–Trinajstić information content (AvgIpc) is 3.10. The highest BCUT2D eigenvalue weighted by Gasteiger charge is 2.28. The molecule has 1 aliphatic rings. The number of nitrogens with zero attached hydrogens (tertiary/aromatic N) is 2. The first kappa shape index (κ1) is 18.1. The molecule has 1 N–H and O–H groups in total. The minimum atomic E-state index is -0.749. The molecule has 6 heteroatoms. The first-order valence-electron chi connectivity index (χ1n) is 7.99. The van der Waals surface area contributed by atoms with Gasteiger partial charge in [0.15, 0.2) is 0 Å². The number of hydrogen-bond acceptors (Lipinski definition) is 4. The van der Waals surface area contributed by atoms with Crippen LogP contribution in [0.15, 0.2) is 42.6 Å². The van der Waals surface area contributed by atoms with Crippen molar-refractivity contribution in [2.45, 2.75) is 20.3 Å². The summed E-state index contributed by atoms with van der Waals surface area (Å²) in [5.74, 6) is -0.0970. The lowest BCUT2D eigenvalue weighted by Gasteiger charge is -2.19. The van der Waals surface area contributed by atoms with E-state index in [0.29, 0.717) is 36.2 Å². The summed E-state index contributed by atoms with van der Waals surface area (Å²) in [5, 5.41) is 9.58. The van der Waals surface area contributed by atoms with Crippen molar-refractivity contribution in [3.63, 3.8) is 0 Å². The van der Waals surface area contributed by atoms with Crippen LogP contribution in [0.2, 0.25) is 5.02 Å². The van der Waals surface area contributed by atoms with E-state index in [1.54, 1.807) is 24.4 Å². The lowest BCUT2D eigenvalue weighted by atomic mass is 10.1. The van der Waals surface area contributed by atoms with Crippen molar-refractivity contribution in [2.75, 3.05) is 18.0 Å². The van der Waals surface area contributed by atoms with Crippen LogP contribution in [0, 0.1) is 5.92 Å². The Labute approximate surface area is 146 Å². The molecule has 1 aliphatic heterocycles. The number of halogens is 1. The number of carbonyl (C=O) groups is 1. The fourth-order valence-corrected chi connectivity index (χ4v) is 2.64. The van der Waals surface area contributed by atoms with Gasteiger partial charge in [0.05, 0.1) is 10.9 Å². The van der Waals surface area contributed by atoms with Gasteiger partial charge >= 0.3 is 5.97 Å². The third-order valence-corrected chi connectivity index (χ3v) is 3.98. The standard InChI is InChI=1S/C16H15ClN2O3.C2H6/c17-13-5-4-12(19-8-6-11(10-19)16(20)21)9-14(13)22-15-3-1-2-7-18-15;1-2/h1-5,7,9,11H,6,8,10H2,(H,20,21);1-2H3. The molecule has 3 rings (SSSR count). The second kappa shape index (κ2) is 8.55. The van der Waals surface area contributed by atoms with Crippen molar-refractivity contribution in [2.24, 2.45) is 5.92 Å². The minimum Gasteiger partial charge on any atom is -0.481 e. The molecule has 1 aromatic heterocycles. The molecule has 5 nitrogen and oxygen atoms in total. The van der Waals surface area contributed by atoms with E-state index in [1.807, 2.05) is 36.9 Å². The normalized spacial score (nSPS) is 16.3. The van der Waals surface area contributed by atoms with Crippen LogP contribution in [0.4, 0.5) is 5.69 Å². The van der Waals surface area contributed by atoms with E-state index in [0.717, 1.165) is 5.69 Å². The molecule has 1 atom stereocenters. The zero-order chi connectivity index (χ0) is 17.5. The number of ether oxygens (including phenoxy) is 1. The molecule has 1 saturated heterocycles. The van der Waals surface area contributed by atoms with Crippen LogP contribution in [0.1, 0.15) is 20.3 Å². The topological polar surface area (TPSA) is 62.7 Å². The molecule has 0 amide bonds. The molecular formula is C18H21ClN2O3. The SMILES string of the molecule is CC.O=C(O)C1CCN(c2ccc(Cl)c(Oc3ccccn3)c2)C1. The van der Waals surface area contributed by atoms with Crippen molar-refractivity contribution in [1.29, 1.82) is 0 Å². The van der Waals surface area contributed by atoms with Gasteiger partial charge in [-0.3, -0.25) is 4.79 Å². The maximum atomic E-state index is 11.1. The van der Waals surface area contributed by atoms with Gasteiger partial charge in [-0.05, 0) is 24.6 Å². The molecule has 24 heavy (non-hydrogen) atoms. The quantitative estimate of drug-likeness (QED) is 0.883. The number of pyridine rings is 1. The van der Waals surface area contributed by atoms with Crippen molar-refractivity contribution >= 4 is 23.3 Å². The van der Waals surface area contributed by atoms with E-state index >= 15 is 0 Å².